The zero-order chi connectivity index (χ0) is 12.6. The van der Waals surface area contributed by atoms with Crippen molar-refractivity contribution >= 4 is 0 Å². The number of rotatable bonds is 1. The van der Waals surface area contributed by atoms with E-state index in [4.69, 9.17) is 0 Å². The molecule has 0 saturated carbocycles. The fourth-order valence-electron chi connectivity index (χ4n) is 2.06. The van der Waals surface area contributed by atoms with Gasteiger partial charge in [-0.3, -0.25) is 14.6 Å². The third kappa shape index (κ3) is 2.05. The summed E-state index contributed by atoms with van der Waals surface area (Å²) in [5, 5.41) is 3.14. The molecule has 3 heteroatoms. The van der Waals surface area contributed by atoms with Crippen molar-refractivity contribution in [3.05, 3.63) is 46.2 Å². The van der Waals surface area contributed by atoms with Crippen molar-refractivity contribution in [2.24, 2.45) is 7.05 Å². The molecule has 90 valence electrons. The molecule has 2 aromatic rings. The molecular weight excluding hydrogens is 212 g/mol. The summed E-state index contributed by atoms with van der Waals surface area (Å²) in [4.78, 5) is 12.1. The van der Waals surface area contributed by atoms with Crippen LogP contribution in [0.2, 0.25) is 0 Å². The Kier molecular flexibility index (Phi) is 2.69. The Morgan fingerprint density at radius 1 is 1.12 bits per heavy atom. The zero-order valence-electron chi connectivity index (χ0n) is 10.7. The molecule has 0 radical (unpaired) electrons. The summed E-state index contributed by atoms with van der Waals surface area (Å²) >= 11 is 0. The maximum atomic E-state index is 12.1. The van der Waals surface area contributed by atoms with Gasteiger partial charge in [-0.25, -0.2) is 0 Å². The van der Waals surface area contributed by atoms with E-state index in [-0.39, 0.29) is 11.0 Å². The predicted molar refractivity (Wildman–Crippen MR) is 70.2 cm³/mol. The number of H-pyrrole nitrogens is 1. The molecule has 1 N–H and O–H groups in total. The predicted octanol–water partition coefficient (Wildman–Crippen LogP) is 2.68. The summed E-state index contributed by atoms with van der Waals surface area (Å²) in [6.45, 7) is 6.18. The van der Waals surface area contributed by atoms with E-state index in [9.17, 15) is 4.79 Å². The van der Waals surface area contributed by atoms with E-state index in [0.717, 1.165) is 16.8 Å². The number of nitrogens with one attached hydrogen (secondary N) is 1. The molecule has 0 amide bonds. The van der Waals surface area contributed by atoms with Crippen LogP contribution in [0, 0.1) is 0 Å². The standard InChI is InChI=1S/C14H18N2O/c1-14(2,3)11-12(15-16(4)13(11)17)10-8-6-5-7-9-10/h5-9,15H,1-4H3. The Labute approximate surface area is 101 Å². The second-order valence-electron chi connectivity index (χ2n) is 5.34. The molecule has 0 unspecified atom stereocenters. The summed E-state index contributed by atoms with van der Waals surface area (Å²) in [5.74, 6) is 0. The maximum Gasteiger partial charge on any atom is 0.270 e. The monoisotopic (exact) mass is 230 g/mol. The van der Waals surface area contributed by atoms with Crippen LogP contribution in [0.1, 0.15) is 26.3 Å². The van der Waals surface area contributed by atoms with Crippen molar-refractivity contribution in [2.75, 3.05) is 0 Å². The number of aromatic amines is 1. The van der Waals surface area contributed by atoms with E-state index in [1.807, 2.05) is 30.3 Å². The van der Waals surface area contributed by atoms with Gasteiger partial charge in [0.25, 0.3) is 5.56 Å². The Hall–Kier alpha value is -1.77. The van der Waals surface area contributed by atoms with E-state index in [2.05, 4.69) is 25.9 Å². The minimum Gasteiger partial charge on any atom is -0.295 e. The van der Waals surface area contributed by atoms with Crippen LogP contribution in [0.25, 0.3) is 11.3 Å². The third-order valence-corrected chi connectivity index (χ3v) is 2.86. The summed E-state index contributed by atoms with van der Waals surface area (Å²) in [7, 11) is 1.75. The average Bonchev–Trinajstić information content (AvgIpc) is 2.56. The van der Waals surface area contributed by atoms with E-state index in [1.165, 1.54) is 0 Å². The van der Waals surface area contributed by atoms with E-state index in [0.29, 0.717) is 0 Å². The van der Waals surface area contributed by atoms with Crippen LogP contribution in [0.15, 0.2) is 35.1 Å². The minimum absolute atomic E-state index is 0.0522. The highest BCUT2D eigenvalue weighted by atomic mass is 16.1. The lowest BCUT2D eigenvalue weighted by Gasteiger charge is -2.17. The van der Waals surface area contributed by atoms with Crippen LogP contribution in [0.3, 0.4) is 0 Å². The van der Waals surface area contributed by atoms with Crippen LogP contribution < -0.4 is 5.56 Å². The molecule has 0 saturated heterocycles. The van der Waals surface area contributed by atoms with Crippen LogP contribution in [0.5, 0.6) is 0 Å². The number of hydrogen-bond acceptors (Lipinski definition) is 1. The van der Waals surface area contributed by atoms with Crippen LogP contribution in [-0.2, 0) is 12.5 Å². The lowest BCUT2D eigenvalue weighted by atomic mass is 9.85. The lowest BCUT2D eigenvalue weighted by molar-refractivity contribution is 0.583. The second kappa shape index (κ2) is 3.91. The highest BCUT2D eigenvalue weighted by Crippen LogP contribution is 2.28. The first kappa shape index (κ1) is 11.7. The van der Waals surface area contributed by atoms with Crippen molar-refractivity contribution in [3.63, 3.8) is 0 Å². The third-order valence-electron chi connectivity index (χ3n) is 2.86. The molecular formula is C14H18N2O. The first-order valence-corrected chi connectivity index (χ1v) is 5.76. The molecule has 0 fully saturated rings. The fourth-order valence-corrected chi connectivity index (χ4v) is 2.06. The van der Waals surface area contributed by atoms with Crippen molar-refractivity contribution < 1.29 is 0 Å². The van der Waals surface area contributed by atoms with Gasteiger partial charge < -0.3 is 0 Å². The molecule has 3 nitrogen and oxygen atoms in total. The van der Waals surface area contributed by atoms with Gasteiger partial charge in [-0.1, -0.05) is 51.1 Å². The zero-order valence-corrected chi connectivity index (χ0v) is 10.7. The Bertz CT molecular complexity index is 571. The SMILES string of the molecule is Cn1[nH]c(-c2ccccc2)c(C(C)(C)C)c1=O. The number of benzene rings is 1. The summed E-state index contributed by atoms with van der Waals surface area (Å²) in [6.07, 6.45) is 0. The molecule has 0 spiro atoms. The van der Waals surface area contributed by atoms with E-state index >= 15 is 0 Å². The fraction of sp³-hybridized carbons (Fsp3) is 0.357. The summed E-state index contributed by atoms with van der Waals surface area (Å²) in [6, 6.07) is 9.96. The van der Waals surface area contributed by atoms with E-state index in [1.54, 1.807) is 11.7 Å². The normalized spacial score (nSPS) is 11.8. The quantitative estimate of drug-likeness (QED) is 0.803. The molecule has 1 aromatic heterocycles. The minimum atomic E-state index is -0.167. The Morgan fingerprint density at radius 2 is 1.71 bits per heavy atom. The average molecular weight is 230 g/mol. The Balaban J connectivity index is 2.72. The summed E-state index contributed by atoms with van der Waals surface area (Å²) in [5.41, 5.74) is 2.70. The van der Waals surface area contributed by atoms with Gasteiger partial charge >= 0.3 is 0 Å². The number of aromatic nitrogens is 2. The van der Waals surface area contributed by atoms with Crippen LogP contribution >= 0.6 is 0 Å². The smallest absolute Gasteiger partial charge is 0.270 e. The van der Waals surface area contributed by atoms with Crippen LogP contribution in [0.4, 0.5) is 0 Å². The highest BCUT2D eigenvalue weighted by molar-refractivity contribution is 5.63. The van der Waals surface area contributed by atoms with Crippen molar-refractivity contribution in [1.29, 1.82) is 0 Å². The molecule has 0 aliphatic carbocycles. The molecule has 1 heterocycles. The van der Waals surface area contributed by atoms with Gasteiger partial charge in [-0.2, -0.15) is 0 Å². The van der Waals surface area contributed by atoms with Gasteiger partial charge in [0.1, 0.15) is 0 Å². The second-order valence-corrected chi connectivity index (χ2v) is 5.34. The molecule has 0 atom stereocenters. The maximum absolute atomic E-state index is 12.1. The first-order valence-electron chi connectivity index (χ1n) is 5.76. The topological polar surface area (TPSA) is 37.8 Å². The molecule has 0 aliphatic heterocycles. The molecule has 2 rings (SSSR count). The number of aryl methyl sites for hydroxylation is 1. The van der Waals surface area contributed by atoms with E-state index < -0.39 is 0 Å². The first-order chi connectivity index (χ1) is 7.91. The number of nitrogens with zero attached hydrogens (tertiary/aromatic N) is 1. The summed E-state index contributed by atoms with van der Waals surface area (Å²) < 4.78 is 1.54. The largest absolute Gasteiger partial charge is 0.295 e. The molecule has 1 aromatic carbocycles. The number of hydrogen-bond donors (Lipinski definition) is 1. The highest BCUT2D eigenvalue weighted by Gasteiger charge is 2.25. The van der Waals surface area contributed by atoms with Gasteiger partial charge in [0.2, 0.25) is 0 Å². The van der Waals surface area contributed by atoms with Crippen LogP contribution in [-0.4, -0.2) is 9.78 Å². The Morgan fingerprint density at radius 3 is 2.24 bits per heavy atom. The lowest BCUT2D eigenvalue weighted by Crippen LogP contribution is -2.24. The van der Waals surface area contributed by atoms with Gasteiger partial charge in [0.15, 0.2) is 0 Å². The van der Waals surface area contributed by atoms with Gasteiger partial charge in [0.05, 0.1) is 5.69 Å². The molecule has 0 aliphatic rings. The van der Waals surface area contributed by atoms with Gasteiger partial charge in [0, 0.05) is 12.6 Å². The van der Waals surface area contributed by atoms with Crippen molar-refractivity contribution in [3.8, 4) is 11.3 Å². The van der Waals surface area contributed by atoms with Gasteiger partial charge in [-0.15, -0.1) is 0 Å². The molecule has 0 bridgehead atoms. The van der Waals surface area contributed by atoms with Crippen molar-refractivity contribution in [1.82, 2.24) is 9.78 Å². The van der Waals surface area contributed by atoms with Crippen molar-refractivity contribution in [2.45, 2.75) is 26.2 Å². The molecule has 17 heavy (non-hydrogen) atoms. The van der Waals surface area contributed by atoms with Gasteiger partial charge in [-0.05, 0) is 11.0 Å².